The van der Waals surface area contributed by atoms with Crippen LogP contribution in [0.4, 0.5) is 5.69 Å². The lowest BCUT2D eigenvalue weighted by Crippen LogP contribution is -1.92. The Balaban J connectivity index is 2.43. The summed E-state index contributed by atoms with van der Waals surface area (Å²) in [6, 6.07) is 16.3. The van der Waals surface area contributed by atoms with Crippen molar-refractivity contribution in [3.05, 3.63) is 64.3 Å². The van der Waals surface area contributed by atoms with Crippen LogP contribution in [0.2, 0.25) is 0 Å². The third-order valence-electron chi connectivity index (χ3n) is 3.56. The molecular weight excluding hydrogens is 266 g/mol. The van der Waals surface area contributed by atoms with Gasteiger partial charge in [0, 0.05) is 35.6 Å². The minimum atomic E-state index is -0.423. The second-order valence-electron chi connectivity index (χ2n) is 4.72. The number of benzene rings is 2. The van der Waals surface area contributed by atoms with Gasteiger partial charge < -0.3 is 4.57 Å². The molecule has 0 saturated carbocycles. The van der Waals surface area contributed by atoms with Crippen molar-refractivity contribution in [2.24, 2.45) is 7.05 Å². The minimum absolute atomic E-state index is 0.0229. The van der Waals surface area contributed by atoms with E-state index in [0.29, 0.717) is 5.69 Å². The molecule has 0 spiro atoms. The first-order chi connectivity index (χ1) is 10.1. The molecule has 3 rings (SSSR count). The highest BCUT2D eigenvalue weighted by atomic mass is 16.6. The lowest BCUT2D eigenvalue weighted by molar-refractivity contribution is -0.384. The van der Waals surface area contributed by atoms with E-state index in [1.807, 2.05) is 30.3 Å². The maximum Gasteiger partial charge on any atom is 0.270 e. The molecule has 0 unspecified atom stereocenters. The zero-order valence-corrected chi connectivity index (χ0v) is 11.3. The first-order valence-corrected chi connectivity index (χ1v) is 6.36. The first kappa shape index (κ1) is 12.9. The van der Waals surface area contributed by atoms with Gasteiger partial charge in [0.15, 0.2) is 0 Å². The summed E-state index contributed by atoms with van der Waals surface area (Å²) in [6.45, 7) is 0. The second-order valence-corrected chi connectivity index (χ2v) is 4.72. The summed E-state index contributed by atoms with van der Waals surface area (Å²) in [5.41, 5.74) is 2.93. The Hall–Kier alpha value is -3.13. The standard InChI is InChI=1S/C16H11N3O2/c1-18-14-8-7-12(19(20)21)9-13(14)16(15(18)10-17)11-5-3-2-4-6-11/h2-9H,1H3. The van der Waals surface area contributed by atoms with Crippen molar-refractivity contribution in [3.8, 4) is 17.2 Å². The molecule has 5 heteroatoms. The second kappa shape index (κ2) is 4.76. The number of nitro groups is 1. The van der Waals surface area contributed by atoms with Crippen LogP contribution >= 0.6 is 0 Å². The van der Waals surface area contributed by atoms with E-state index in [1.165, 1.54) is 12.1 Å². The molecule has 2 aromatic carbocycles. The van der Waals surface area contributed by atoms with Gasteiger partial charge >= 0.3 is 0 Å². The van der Waals surface area contributed by atoms with E-state index in [9.17, 15) is 15.4 Å². The third kappa shape index (κ3) is 1.94. The van der Waals surface area contributed by atoms with E-state index in [4.69, 9.17) is 0 Å². The maximum absolute atomic E-state index is 11.0. The molecule has 0 bridgehead atoms. The third-order valence-corrected chi connectivity index (χ3v) is 3.56. The summed E-state index contributed by atoms with van der Waals surface area (Å²) in [5, 5.41) is 21.1. The maximum atomic E-state index is 11.0. The topological polar surface area (TPSA) is 71.9 Å². The zero-order chi connectivity index (χ0) is 15.0. The van der Waals surface area contributed by atoms with Gasteiger partial charge in [0.2, 0.25) is 0 Å². The normalized spacial score (nSPS) is 10.5. The molecule has 0 fully saturated rings. The molecule has 1 aromatic heterocycles. The summed E-state index contributed by atoms with van der Waals surface area (Å²) in [5.74, 6) is 0. The van der Waals surface area contributed by atoms with Crippen LogP contribution in [-0.2, 0) is 7.05 Å². The van der Waals surface area contributed by atoms with Crippen molar-refractivity contribution in [3.63, 3.8) is 0 Å². The predicted octanol–water partition coefficient (Wildman–Crippen LogP) is 3.63. The fraction of sp³-hybridized carbons (Fsp3) is 0.0625. The Labute approximate surface area is 120 Å². The number of aromatic nitrogens is 1. The van der Waals surface area contributed by atoms with Crippen molar-refractivity contribution >= 4 is 16.6 Å². The number of fused-ring (bicyclic) bond motifs is 1. The van der Waals surface area contributed by atoms with Crippen molar-refractivity contribution in [1.82, 2.24) is 4.57 Å². The van der Waals surface area contributed by atoms with E-state index < -0.39 is 4.92 Å². The van der Waals surface area contributed by atoms with E-state index in [2.05, 4.69) is 6.07 Å². The molecule has 0 radical (unpaired) electrons. The summed E-state index contributed by atoms with van der Waals surface area (Å²) in [6.07, 6.45) is 0. The first-order valence-electron chi connectivity index (χ1n) is 6.36. The number of hydrogen-bond donors (Lipinski definition) is 0. The molecule has 5 nitrogen and oxygen atoms in total. The average molecular weight is 277 g/mol. The summed E-state index contributed by atoms with van der Waals surface area (Å²) in [4.78, 5) is 10.6. The average Bonchev–Trinajstić information content (AvgIpc) is 2.80. The van der Waals surface area contributed by atoms with Crippen LogP contribution in [0.5, 0.6) is 0 Å². The lowest BCUT2D eigenvalue weighted by Gasteiger charge is -2.00. The molecule has 0 amide bonds. The Morgan fingerprint density at radius 3 is 2.52 bits per heavy atom. The van der Waals surface area contributed by atoms with Crippen molar-refractivity contribution in [2.75, 3.05) is 0 Å². The zero-order valence-electron chi connectivity index (χ0n) is 11.3. The molecule has 21 heavy (non-hydrogen) atoms. The number of nitrogens with zero attached hydrogens (tertiary/aromatic N) is 3. The molecule has 0 aliphatic rings. The Morgan fingerprint density at radius 1 is 1.19 bits per heavy atom. The van der Waals surface area contributed by atoms with Crippen molar-refractivity contribution < 1.29 is 4.92 Å². The Morgan fingerprint density at radius 2 is 1.90 bits per heavy atom. The Kier molecular flexibility index (Phi) is 2.92. The van der Waals surface area contributed by atoms with Gasteiger partial charge in [-0.1, -0.05) is 30.3 Å². The van der Waals surface area contributed by atoms with Crippen molar-refractivity contribution in [1.29, 1.82) is 5.26 Å². The summed E-state index contributed by atoms with van der Waals surface area (Å²) < 4.78 is 1.77. The van der Waals surface area contributed by atoms with Crippen molar-refractivity contribution in [2.45, 2.75) is 0 Å². The number of hydrogen-bond acceptors (Lipinski definition) is 3. The number of aryl methyl sites for hydroxylation is 1. The molecule has 102 valence electrons. The predicted molar refractivity (Wildman–Crippen MR) is 79.7 cm³/mol. The van der Waals surface area contributed by atoms with Gasteiger partial charge in [-0.05, 0) is 11.6 Å². The summed E-state index contributed by atoms with van der Waals surface area (Å²) in [7, 11) is 1.79. The largest absolute Gasteiger partial charge is 0.335 e. The van der Waals surface area contributed by atoms with Crippen LogP contribution in [0.15, 0.2) is 48.5 Å². The van der Waals surface area contributed by atoms with Crippen LogP contribution in [0.25, 0.3) is 22.0 Å². The molecule has 3 aromatic rings. The number of nitriles is 1. The molecule has 1 heterocycles. The van der Waals surface area contributed by atoms with Gasteiger partial charge in [-0.2, -0.15) is 5.26 Å². The molecule has 0 atom stereocenters. The van der Waals surface area contributed by atoms with Gasteiger partial charge in [-0.15, -0.1) is 0 Å². The number of rotatable bonds is 2. The van der Waals surface area contributed by atoms with Crippen LogP contribution in [0.3, 0.4) is 0 Å². The fourth-order valence-corrected chi connectivity index (χ4v) is 2.57. The Bertz CT molecular complexity index is 889. The molecular formula is C16H11N3O2. The SMILES string of the molecule is Cn1c(C#N)c(-c2ccccc2)c2cc([N+](=O)[O-])ccc21. The highest BCUT2D eigenvalue weighted by Gasteiger charge is 2.19. The van der Waals surface area contributed by atoms with E-state index >= 15 is 0 Å². The van der Waals surface area contributed by atoms with Crippen LogP contribution in [0, 0.1) is 21.4 Å². The van der Waals surface area contributed by atoms with Crippen LogP contribution in [0.1, 0.15) is 5.69 Å². The highest BCUT2D eigenvalue weighted by molar-refractivity contribution is 6.00. The quantitative estimate of drug-likeness (QED) is 0.530. The molecule has 0 N–H and O–H groups in total. The highest BCUT2D eigenvalue weighted by Crippen LogP contribution is 2.35. The molecule has 0 saturated heterocycles. The van der Waals surface area contributed by atoms with Gasteiger partial charge in [0.05, 0.1) is 4.92 Å². The minimum Gasteiger partial charge on any atom is -0.335 e. The molecule has 0 aliphatic carbocycles. The monoisotopic (exact) mass is 277 g/mol. The number of non-ortho nitro benzene ring substituents is 1. The van der Waals surface area contributed by atoms with E-state index in [-0.39, 0.29) is 5.69 Å². The van der Waals surface area contributed by atoms with Crippen LogP contribution < -0.4 is 0 Å². The molecule has 0 aliphatic heterocycles. The smallest absolute Gasteiger partial charge is 0.270 e. The van der Waals surface area contributed by atoms with E-state index in [0.717, 1.165) is 22.0 Å². The lowest BCUT2D eigenvalue weighted by atomic mass is 10.0. The summed E-state index contributed by atoms with van der Waals surface area (Å²) >= 11 is 0. The van der Waals surface area contributed by atoms with Crippen LogP contribution in [-0.4, -0.2) is 9.49 Å². The van der Waals surface area contributed by atoms with E-state index in [1.54, 1.807) is 17.7 Å². The fourth-order valence-electron chi connectivity index (χ4n) is 2.57. The van der Waals surface area contributed by atoms with Gasteiger partial charge in [0.1, 0.15) is 11.8 Å². The number of nitro benzene ring substituents is 1. The van der Waals surface area contributed by atoms with Gasteiger partial charge in [-0.25, -0.2) is 0 Å². The van der Waals surface area contributed by atoms with Gasteiger partial charge in [0.25, 0.3) is 5.69 Å². The van der Waals surface area contributed by atoms with Gasteiger partial charge in [-0.3, -0.25) is 10.1 Å².